The molecule has 2 nitrogen and oxygen atoms in total. The van der Waals surface area contributed by atoms with Crippen LogP contribution in [-0.4, -0.2) is 7.76 Å². The van der Waals surface area contributed by atoms with Gasteiger partial charge in [0.05, 0.1) is 22.9 Å². The van der Waals surface area contributed by atoms with Crippen LogP contribution in [0.1, 0.15) is 39.0 Å². The number of hydrogen-bond donors (Lipinski definition) is 0. The normalized spacial score (nSPS) is 12.3. The molecule has 0 saturated carbocycles. The fraction of sp³-hybridized carbons (Fsp3) is 0.462. The van der Waals surface area contributed by atoms with Crippen LogP contribution >= 0.6 is 22.9 Å². The van der Waals surface area contributed by atoms with E-state index in [1.54, 1.807) is 0 Å². The van der Waals surface area contributed by atoms with E-state index in [-0.39, 0.29) is 5.41 Å². The van der Waals surface area contributed by atoms with Crippen molar-refractivity contribution in [1.29, 1.82) is 0 Å². The first-order valence-corrected chi connectivity index (χ1v) is 6.57. The third-order valence-electron chi connectivity index (χ3n) is 2.84. The summed E-state index contributed by atoms with van der Waals surface area (Å²) < 4.78 is 2.05. The molecule has 0 aliphatic heterocycles. The largest absolute Gasteiger partial charge is 0.274 e. The van der Waals surface area contributed by atoms with E-state index in [1.807, 2.05) is 0 Å². The molecule has 0 N–H and O–H groups in total. The molecule has 0 fully saturated rings. The molecule has 0 aliphatic carbocycles. The molecule has 0 amide bonds. The van der Waals surface area contributed by atoms with Crippen LogP contribution in [0.15, 0.2) is 18.3 Å². The Morgan fingerprint density at radius 1 is 1.38 bits per heavy atom. The van der Waals surface area contributed by atoms with Gasteiger partial charge in [-0.25, -0.2) is 4.98 Å². The summed E-state index contributed by atoms with van der Waals surface area (Å²) in [6.45, 7) is 8.91. The maximum Gasteiger partial charge on any atom is 0.149 e. The highest BCUT2D eigenvalue weighted by molar-refractivity contribution is 14.1. The Bertz CT molecular complexity index is 520. The molecule has 16 heavy (non-hydrogen) atoms. The Labute approximate surface area is 111 Å². The third kappa shape index (κ3) is 1.97. The van der Waals surface area contributed by atoms with Gasteiger partial charge in [-0.2, -0.15) is 0 Å². The smallest absolute Gasteiger partial charge is 0.149 e. The quantitative estimate of drug-likeness (QED) is 0.721. The van der Waals surface area contributed by atoms with Crippen molar-refractivity contribution >= 4 is 33.9 Å². The predicted molar refractivity (Wildman–Crippen MR) is 77.2 cm³/mol. The predicted octanol–water partition coefficient (Wildman–Crippen LogP) is 4.09. The Morgan fingerprint density at radius 2 is 2.06 bits per heavy atom. The lowest BCUT2D eigenvalue weighted by Crippen LogP contribution is -2.15. The summed E-state index contributed by atoms with van der Waals surface area (Å²) in [5.41, 5.74) is 3.83. The molecule has 0 radical (unpaired) electrons. The van der Waals surface area contributed by atoms with E-state index in [0.717, 1.165) is 12.1 Å². The zero-order valence-electron chi connectivity index (χ0n) is 10.2. The molecule has 0 atom stereocenters. The van der Waals surface area contributed by atoms with Gasteiger partial charge < -0.3 is 0 Å². The van der Waals surface area contributed by atoms with Crippen molar-refractivity contribution < 1.29 is 0 Å². The average molecular weight is 328 g/mol. The maximum atomic E-state index is 4.78. The van der Waals surface area contributed by atoms with E-state index >= 15 is 0 Å². The number of halogens is 1. The number of hydrogen-bond acceptors (Lipinski definition) is 1. The first kappa shape index (κ1) is 11.9. The van der Waals surface area contributed by atoms with Crippen LogP contribution in [0.5, 0.6) is 0 Å². The minimum absolute atomic E-state index is 0.167. The second-order valence-electron chi connectivity index (χ2n) is 5.13. The second-order valence-corrected chi connectivity index (χ2v) is 6.17. The maximum absolute atomic E-state index is 4.78. The highest BCUT2D eigenvalue weighted by Gasteiger charge is 2.19. The van der Waals surface area contributed by atoms with Gasteiger partial charge in [-0.3, -0.25) is 2.78 Å². The summed E-state index contributed by atoms with van der Waals surface area (Å²) in [7, 11) is 0. The lowest BCUT2D eigenvalue weighted by Gasteiger charge is -2.22. The summed E-state index contributed by atoms with van der Waals surface area (Å²) >= 11 is 2.27. The van der Waals surface area contributed by atoms with Gasteiger partial charge in [0.15, 0.2) is 0 Å². The van der Waals surface area contributed by atoms with E-state index < -0.39 is 0 Å². The molecule has 2 aromatic heterocycles. The fourth-order valence-electron chi connectivity index (χ4n) is 1.98. The summed E-state index contributed by atoms with van der Waals surface area (Å²) in [4.78, 5) is 4.78. The molecule has 2 rings (SSSR count). The van der Waals surface area contributed by atoms with E-state index in [9.17, 15) is 0 Å². The van der Waals surface area contributed by atoms with Crippen LogP contribution in [0, 0.1) is 0 Å². The van der Waals surface area contributed by atoms with Crippen LogP contribution in [0.4, 0.5) is 0 Å². The van der Waals surface area contributed by atoms with Gasteiger partial charge in [-0.05, 0) is 29.5 Å². The Hall–Kier alpha value is -0.580. The lowest BCUT2D eigenvalue weighted by atomic mass is 9.85. The van der Waals surface area contributed by atoms with Crippen LogP contribution in [0.25, 0.3) is 11.0 Å². The van der Waals surface area contributed by atoms with Gasteiger partial charge in [-0.15, -0.1) is 0 Å². The van der Waals surface area contributed by atoms with Crippen molar-refractivity contribution in [2.45, 2.75) is 39.5 Å². The number of nitrogens with zero attached hydrogens (tertiary/aromatic N) is 2. The van der Waals surface area contributed by atoms with Crippen molar-refractivity contribution in [3.63, 3.8) is 0 Å². The Morgan fingerprint density at radius 3 is 2.62 bits per heavy atom. The summed E-state index contributed by atoms with van der Waals surface area (Å²) in [6.07, 6.45) is 3.05. The van der Waals surface area contributed by atoms with Crippen molar-refractivity contribution in [2.24, 2.45) is 0 Å². The molecule has 0 saturated heterocycles. The molecular weight excluding hydrogens is 311 g/mol. The van der Waals surface area contributed by atoms with Crippen LogP contribution in [0.3, 0.4) is 0 Å². The van der Waals surface area contributed by atoms with E-state index in [1.165, 1.54) is 16.6 Å². The summed E-state index contributed by atoms with van der Waals surface area (Å²) in [5, 5.41) is 1.23. The summed E-state index contributed by atoms with van der Waals surface area (Å²) in [6, 6.07) is 4.42. The minimum atomic E-state index is 0.167. The monoisotopic (exact) mass is 328 g/mol. The lowest BCUT2D eigenvalue weighted by molar-refractivity contribution is 0.580. The first-order chi connectivity index (χ1) is 7.43. The van der Waals surface area contributed by atoms with Gasteiger partial charge in [-0.1, -0.05) is 27.7 Å². The third-order valence-corrected chi connectivity index (χ3v) is 3.62. The number of rotatable bonds is 1. The van der Waals surface area contributed by atoms with Crippen molar-refractivity contribution in [2.75, 3.05) is 0 Å². The van der Waals surface area contributed by atoms with Crippen LogP contribution in [0.2, 0.25) is 0 Å². The van der Waals surface area contributed by atoms with Crippen LogP contribution < -0.4 is 0 Å². The topological polar surface area (TPSA) is 17.8 Å². The van der Waals surface area contributed by atoms with E-state index in [4.69, 9.17) is 4.98 Å². The van der Waals surface area contributed by atoms with E-state index in [2.05, 4.69) is 71.7 Å². The molecule has 3 heteroatoms. The molecule has 86 valence electrons. The number of aromatic nitrogens is 2. The highest BCUT2D eigenvalue weighted by Crippen LogP contribution is 2.29. The molecule has 0 unspecified atom stereocenters. The van der Waals surface area contributed by atoms with E-state index in [0.29, 0.717) is 0 Å². The molecule has 0 aliphatic rings. The average Bonchev–Trinajstić information content (AvgIpc) is 2.57. The standard InChI is InChI=1S/C13H17IN2/c1-5-11-10(13(2,3)4)8-9-6-7-16(14)12(9)15-11/h6-8H,5H2,1-4H3. The van der Waals surface area contributed by atoms with Crippen molar-refractivity contribution in [1.82, 2.24) is 7.76 Å². The van der Waals surface area contributed by atoms with Gasteiger partial charge in [0.2, 0.25) is 0 Å². The molecule has 2 heterocycles. The SMILES string of the molecule is CCc1nc2c(ccn2I)cc1C(C)(C)C. The fourth-order valence-corrected chi connectivity index (χ4v) is 2.53. The number of aryl methyl sites for hydroxylation is 1. The van der Waals surface area contributed by atoms with Gasteiger partial charge >= 0.3 is 0 Å². The van der Waals surface area contributed by atoms with Crippen LogP contribution in [-0.2, 0) is 11.8 Å². The number of pyridine rings is 1. The van der Waals surface area contributed by atoms with Crippen molar-refractivity contribution in [3.8, 4) is 0 Å². The highest BCUT2D eigenvalue weighted by atomic mass is 127. The zero-order valence-corrected chi connectivity index (χ0v) is 12.4. The first-order valence-electron chi connectivity index (χ1n) is 5.61. The number of fused-ring (bicyclic) bond motifs is 1. The Balaban J connectivity index is 2.74. The molecule has 0 spiro atoms. The Kier molecular flexibility index (Phi) is 2.99. The minimum Gasteiger partial charge on any atom is -0.274 e. The molecule has 0 bridgehead atoms. The van der Waals surface area contributed by atoms with Gasteiger partial charge in [0.25, 0.3) is 0 Å². The second kappa shape index (κ2) is 4.02. The molecule has 0 aromatic carbocycles. The molecular formula is C13H17IN2. The van der Waals surface area contributed by atoms with Gasteiger partial charge in [0, 0.05) is 17.3 Å². The van der Waals surface area contributed by atoms with Crippen molar-refractivity contribution in [3.05, 3.63) is 29.6 Å². The zero-order chi connectivity index (χ0) is 11.9. The van der Waals surface area contributed by atoms with Gasteiger partial charge in [0.1, 0.15) is 5.65 Å². The molecule has 2 aromatic rings. The summed E-state index contributed by atoms with van der Waals surface area (Å²) in [5.74, 6) is 0.